The number of carbonyl (C=O) groups is 3. The maximum Gasteiger partial charge on any atom is 0.343 e. The molecule has 0 aliphatic rings. The molecule has 2 N–H and O–H groups in total. The number of hydrogen-bond acceptors (Lipinski definition) is 6. The number of methoxy groups -OCH3 is 1. The second kappa shape index (κ2) is 10.7. The van der Waals surface area contributed by atoms with Gasteiger partial charge in [0, 0.05) is 5.69 Å². The number of hydrazone groups is 1. The lowest BCUT2D eigenvalue weighted by Crippen LogP contribution is -2.32. The summed E-state index contributed by atoms with van der Waals surface area (Å²) in [5, 5.41) is 6.28. The van der Waals surface area contributed by atoms with Crippen molar-refractivity contribution in [3.63, 3.8) is 0 Å². The van der Waals surface area contributed by atoms with Crippen LogP contribution in [0.3, 0.4) is 0 Å². The molecule has 3 rings (SSSR count). The predicted molar refractivity (Wildman–Crippen MR) is 125 cm³/mol. The second-order valence-electron chi connectivity index (χ2n) is 7.19. The van der Waals surface area contributed by atoms with Crippen LogP contribution in [0.15, 0.2) is 71.8 Å². The van der Waals surface area contributed by atoms with Gasteiger partial charge in [-0.1, -0.05) is 35.4 Å². The van der Waals surface area contributed by atoms with Gasteiger partial charge in [-0.2, -0.15) is 5.10 Å². The largest absolute Gasteiger partial charge is 0.493 e. The van der Waals surface area contributed by atoms with Crippen LogP contribution >= 0.6 is 0 Å². The first-order valence-electron chi connectivity index (χ1n) is 10.0. The number of nitrogens with one attached hydrogen (secondary N) is 2. The zero-order chi connectivity index (χ0) is 23.8. The Morgan fingerprint density at radius 1 is 0.818 bits per heavy atom. The van der Waals surface area contributed by atoms with E-state index < -0.39 is 17.8 Å². The molecule has 33 heavy (non-hydrogen) atoms. The van der Waals surface area contributed by atoms with E-state index in [2.05, 4.69) is 15.8 Å². The Morgan fingerprint density at radius 2 is 1.45 bits per heavy atom. The lowest BCUT2D eigenvalue weighted by Gasteiger charge is -2.10. The molecule has 8 heteroatoms. The first-order chi connectivity index (χ1) is 15.9. The number of benzene rings is 3. The molecular weight excluding hydrogens is 422 g/mol. The van der Waals surface area contributed by atoms with E-state index in [0.717, 1.165) is 11.1 Å². The van der Waals surface area contributed by atoms with Gasteiger partial charge in [0.2, 0.25) is 0 Å². The summed E-state index contributed by atoms with van der Waals surface area (Å²) >= 11 is 0. The Balaban J connectivity index is 1.59. The van der Waals surface area contributed by atoms with Crippen LogP contribution in [-0.2, 0) is 9.59 Å². The standard InChI is InChI=1S/C25H23N3O5/c1-16-4-9-19(10-5-16)25(31)33-21-13-8-18(14-22(21)32-3)15-26-28-24(30)23(29)27-20-11-6-17(2)7-12-20/h4-15H,1-3H3,(H,27,29)(H,28,30)/b26-15-. The van der Waals surface area contributed by atoms with Crippen molar-refractivity contribution in [3.8, 4) is 11.5 Å². The van der Waals surface area contributed by atoms with Crippen molar-refractivity contribution in [2.45, 2.75) is 13.8 Å². The van der Waals surface area contributed by atoms with Crippen molar-refractivity contribution in [1.82, 2.24) is 5.43 Å². The van der Waals surface area contributed by atoms with E-state index in [-0.39, 0.29) is 5.75 Å². The average Bonchev–Trinajstić information content (AvgIpc) is 2.81. The normalized spacial score (nSPS) is 10.5. The molecule has 3 aromatic carbocycles. The third kappa shape index (κ3) is 6.51. The van der Waals surface area contributed by atoms with E-state index in [1.165, 1.54) is 13.3 Å². The summed E-state index contributed by atoms with van der Waals surface area (Å²) in [5.41, 5.74) is 5.71. The minimum absolute atomic E-state index is 0.238. The maximum absolute atomic E-state index is 12.3. The molecule has 2 amide bonds. The zero-order valence-corrected chi connectivity index (χ0v) is 18.4. The number of hydrogen-bond donors (Lipinski definition) is 2. The van der Waals surface area contributed by atoms with Crippen molar-refractivity contribution in [3.05, 3.63) is 89.0 Å². The van der Waals surface area contributed by atoms with Crippen LogP contribution < -0.4 is 20.2 Å². The van der Waals surface area contributed by atoms with E-state index in [1.807, 2.05) is 38.1 Å². The van der Waals surface area contributed by atoms with Gasteiger partial charge < -0.3 is 14.8 Å². The van der Waals surface area contributed by atoms with E-state index >= 15 is 0 Å². The Hall–Kier alpha value is -4.46. The first kappa shape index (κ1) is 23.2. The first-order valence-corrected chi connectivity index (χ1v) is 10.0. The van der Waals surface area contributed by atoms with Gasteiger partial charge in [-0.25, -0.2) is 10.2 Å². The molecule has 0 atom stereocenters. The zero-order valence-electron chi connectivity index (χ0n) is 18.4. The molecule has 0 aliphatic carbocycles. The molecule has 0 aliphatic heterocycles. The number of aryl methyl sites for hydroxylation is 2. The monoisotopic (exact) mass is 445 g/mol. The second-order valence-corrected chi connectivity index (χ2v) is 7.19. The Morgan fingerprint density at radius 3 is 2.09 bits per heavy atom. The number of esters is 1. The number of carbonyl (C=O) groups excluding carboxylic acids is 3. The van der Waals surface area contributed by atoms with E-state index in [4.69, 9.17) is 9.47 Å². The molecule has 0 saturated heterocycles. The van der Waals surface area contributed by atoms with Crippen LogP contribution in [0.4, 0.5) is 5.69 Å². The van der Waals surface area contributed by atoms with Gasteiger partial charge in [0.15, 0.2) is 11.5 Å². The minimum atomic E-state index is -0.914. The summed E-state index contributed by atoms with van der Waals surface area (Å²) < 4.78 is 10.7. The number of anilines is 1. The molecule has 0 aromatic heterocycles. The van der Waals surface area contributed by atoms with Crippen LogP contribution in [0.2, 0.25) is 0 Å². The van der Waals surface area contributed by atoms with Gasteiger partial charge in [0.25, 0.3) is 0 Å². The third-order valence-corrected chi connectivity index (χ3v) is 4.57. The highest BCUT2D eigenvalue weighted by atomic mass is 16.6. The van der Waals surface area contributed by atoms with Gasteiger partial charge in [-0.05, 0) is 61.9 Å². The molecular formula is C25H23N3O5. The number of amides is 2. The van der Waals surface area contributed by atoms with Gasteiger partial charge in [-0.15, -0.1) is 0 Å². The van der Waals surface area contributed by atoms with Crippen LogP contribution in [0.5, 0.6) is 11.5 Å². The van der Waals surface area contributed by atoms with Gasteiger partial charge >= 0.3 is 17.8 Å². The van der Waals surface area contributed by atoms with Crippen molar-refractivity contribution in [1.29, 1.82) is 0 Å². The number of ether oxygens (including phenoxy) is 2. The maximum atomic E-state index is 12.3. The molecule has 168 valence electrons. The molecule has 0 spiro atoms. The fourth-order valence-corrected chi connectivity index (χ4v) is 2.74. The molecule has 0 radical (unpaired) electrons. The minimum Gasteiger partial charge on any atom is -0.493 e. The molecule has 3 aromatic rings. The van der Waals surface area contributed by atoms with E-state index in [0.29, 0.717) is 22.6 Å². The quantitative estimate of drug-likeness (QED) is 0.198. The fraction of sp³-hybridized carbons (Fsp3) is 0.120. The Kier molecular flexibility index (Phi) is 7.54. The van der Waals surface area contributed by atoms with Crippen LogP contribution in [0.1, 0.15) is 27.0 Å². The highest BCUT2D eigenvalue weighted by Crippen LogP contribution is 2.28. The van der Waals surface area contributed by atoms with Crippen molar-refractivity contribution >= 4 is 29.7 Å². The summed E-state index contributed by atoms with van der Waals surface area (Å²) in [4.78, 5) is 36.2. The Bertz CT molecular complexity index is 1190. The fourth-order valence-electron chi connectivity index (χ4n) is 2.74. The molecule has 0 saturated carbocycles. The highest BCUT2D eigenvalue weighted by Gasteiger charge is 2.14. The average molecular weight is 445 g/mol. The molecule has 0 unspecified atom stereocenters. The lowest BCUT2D eigenvalue weighted by molar-refractivity contribution is -0.136. The summed E-state index contributed by atoms with van der Waals surface area (Å²) in [6, 6.07) is 18.8. The van der Waals surface area contributed by atoms with Crippen molar-refractivity contribution in [2.24, 2.45) is 5.10 Å². The third-order valence-electron chi connectivity index (χ3n) is 4.57. The van der Waals surface area contributed by atoms with Crippen molar-refractivity contribution < 1.29 is 23.9 Å². The SMILES string of the molecule is COc1cc(/C=N\NC(=O)C(=O)Nc2ccc(C)cc2)ccc1OC(=O)c1ccc(C)cc1. The van der Waals surface area contributed by atoms with Crippen LogP contribution in [-0.4, -0.2) is 31.1 Å². The van der Waals surface area contributed by atoms with E-state index in [1.54, 1.807) is 42.5 Å². The number of nitrogens with zero attached hydrogens (tertiary/aromatic N) is 1. The Labute approximate surface area is 191 Å². The summed E-state index contributed by atoms with van der Waals surface area (Å²) in [6.07, 6.45) is 1.34. The van der Waals surface area contributed by atoms with Crippen LogP contribution in [0.25, 0.3) is 0 Å². The smallest absolute Gasteiger partial charge is 0.343 e. The van der Waals surface area contributed by atoms with Crippen molar-refractivity contribution in [2.75, 3.05) is 12.4 Å². The molecule has 8 nitrogen and oxygen atoms in total. The summed E-state index contributed by atoms with van der Waals surface area (Å²) in [5.74, 6) is -1.72. The number of rotatable bonds is 6. The summed E-state index contributed by atoms with van der Waals surface area (Å²) in [6.45, 7) is 3.85. The van der Waals surface area contributed by atoms with Crippen LogP contribution in [0, 0.1) is 13.8 Å². The van der Waals surface area contributed by atoms with Gasteiger partial charge in [0.05, 0.1) is 18.9 Å². The van der Waals surface area contributed by atoms with Gasteiger partial charge in [-0.3, -0.25) is 9.59 Å². The lowest BCUT2D eigenvalue weighted by atomic mass is 10.1. The van der Waals surface area contributed by atoms with E-state index in [9.17, 15) is 14.4 Å². The predicted octanol–water partition coefficient (Wildman–Crippen LogP) is 3.62. The highest BCUT2D eigenvalue weighted by molar-refractivity contribution is 6.39. The van der Waals surface area contributed by atoms with Gasteiger partial charge in [0.1, 0.15) is 0 Å². The summed E-state index contributed by atoms with van der Waals surface area (Å²) in [7, 11) is 1.44. The molecule has 0 bridgehead atoms. The topological polar surface area (TPSA) is 106 Å². The molecule has 0 fully saturated rings. The molecule has 0 heterocycles.